The van der Waals surface area contributed by atoms with Crippen molar-refractivity contribution in [3.63, 3.8) is 0 Å². The molecule has 0 fully saturated rings. The van der Waals surface area contributed by atoms with E-state index in [1.165, 1.54) is 19.2 Å². The van der Waals surface area contributed by atoms with E-state index in [9.17, 15) is 13.2 Å². The van der Waals surface area contributed by atoms with Gasteiger partial charge in [-0.1, -0.05) is 0 Å². The fourth-order valence-corrected chi connectivity index (χ4v) is 3.65. The first-order valence-electron chi connectivity index (χ1n) is 5.46. The van der Waals surface area contributed by atoms with Crippen LogP contribution in [0, 0.1) is 0 Å². The molecule has 7 nitrogen and oxygen atoms in total. The Morgan fingerprint density at radius 3 is 2.65 bits per heavy atom. The lowest BCUT2D eigenvalue weighted by atomic mass is 10.2. The fraction of sp³-hybridized carbons (Fsp3) is 0.364. The van der Waals surface area contributed by atoms with Crippen molar-refractivity contribution in [3.05, 3.63) is 28.2 Å². The standard InChI is InChI=1S/C11H14BrNO6S/c1-19-6-8(5-14)13-20(17,18)10-4-7(11(15)16)2-3-9(10)12/h2-4,8,13-14H,5-6H2,1H3,(H,15,16). The second-order valence-corrected chi connectivity index (χ2v) is 6.44. The first-order chi connectivity index (χ1) is 9.31. The van der Waals surface area contributed by atoms with Crippen molar-refractivity contribution in [1.29, 1.82) is 0 Å². The Balaban J connectivity index is 3.14. The molecule has 0 aliphatic carbocycles. The van der Waals surface area contributed by atoms with E-state index in [-0.39, 0.29) is 21.5 Å². The van der Waals surface area contributed by atoms with Crippen LogP contribution < -0.4 is 4.72 Å². The van der Waals surface area contributed by atoms with Gasteiger partial charge in [0.25, 0.3) is 0 Å². The van der Waals surface area contributed by atoms with Crippen LogP contribution in [0.3, 0.4) is 0 Å². The van der Waals surface area contributed by atoms with Crippen LogP contribution in [0.25, 0.3) is 0 Å². The average Bonchev–Trinajstić information content (AvgIpc) is 2.37. The molecule has 0 heterocycles. The minimum Gasteiger partial charge on any atom is -0.478 e. The summed E-state index contributed by atoms with van der Waals surface area (Å²) in [6.07, 6.45) is 0. The number of hydrogen-bond acceptors (Lipinski definition) is 5. The third-order valence-electron chi connectivity index (χ3n) is 2.38. The van der Waals surface area contributed by atoms with Gasteiger partial charge in [-0.15, -0.1) is 0 Å². The molecule has 9 heteroatoms. The lowest BCUT2D eigenvalue weighted by Crippen LogP contribution is -2.40. The summed E-state index contributed by atoms with van der Waals surface area (Å²) in [5.41, 5.74) is -0.152. The van der Waals surface area contributed by atoms with Gasteiger partial charge in [-0.3, -0.25) is 0 Å². The number of ether oxygens (including phenoxy) is 1. The summed E-state index contributed by atoms with van der Waals surface area (Å²) < 4.78 is 31.6. The lowest BCUT2D eigenvalue weighted by Gasteiger charge is -2.16. The van der Waals surface area contributed by atoms with E-state index in [4.69, 9.17) is 14.9 Å². The quantitative estimate of drug-likeness (QED) is 0.644. The smallest absolute Gasteiger partial charge is 0.335 e. The number of sulfonamides is 1. The molecule has 3 N–H and O–H groups in total. The van der Waals surface area contributed by atoms with Crippen LogP contribution in [0.1, 0.15) is 10.4 Å². The van der Waals surface area contributed by atoms with Gasteiger partial charge >= 0.3 is 5.97 Å². The van der Waals surface area contributed by atoms with Gasteiger partial charge in [0.2, 0.25) is 10.0 Å². The number of nitrogens with one attached hydrogen (secondary N) is 1. The number of carboxylic acids is 1. The highest BCUT2D eigenvalue weighted by Crippen LogP contribution is 2.23. The second-order valence-electron chi connectivity index (χ2n) is 3.91. The molecule has 1 aromatic carbocycles. The third kappa shape index (κ3) is 4.25. The maximum Gasteiger partial charge on any atom is 0.335 e. The van der Waals surface area contributed by atoms with E-state index >= 15 is 0 Å². The van der Waals surface area contributed by atoms with Crippen molar-refractivity contribution in [2.24, 2.45) is 0 Å². The molecule has 0 radical (unpaired) electrons. The third-order valence-corrected chi connectivity index (χ3v) is 4.89. The summed E-state index contributed by atoms with van der Waals surface area (Å²) in [6, 6.07) is 2.84. The normalized spacial score (nSPS) is 13.2. The molecule has 112 valence electrons. The molecule has 0 spiro atoms. The zero-order valence-electron chi connectivity index (χ0n) is 10.5. The largest absolute Gasteiger partial charge is 0.478 e. The number of benzene rings is 1. The van der Waals surface area contributed by atoms with E-state index in [1.54, 1.807) is 0 Å². The Morgan fingerprint density at radius 2 is 2.15 bits per heavy atom. The average molecular weight is 368 g/mol. The van der Waals surface area contributed by atoms with Gasteiger partial charge in [0.15, 0.2) is 0 Å². The Hall–Kier alpha value is -1.00. The summed E-state index contributed by atoms with van der Waals surface area (Å²) in [5.74, 6) is -1.23. The van der Waals surface area contributed by atoms with Crippen molar-refractivity contribution in [3.8, 4) is 0 Å². The van der Waals surface area contributed by atoms with Crippen molar-refractivity contribution < 1.29 is 28.2 Å². The van der Waals surface area contributed by atoms with Gasteiger partial charge in [-0.05, 0) is 34.1 Å². The number of methoxy groups -OCH3 is 1. The molecule has 0 aliphatic rings. The number of aliphatic hydroxyl groups is 1. The maximum absolute atomic E-state index is 12.2. The Bertz CT molecular complexity index is 589. The van der Waals surface area contributed by atoms with Crippen molar-refractivity contribution in [1.82, 2.24) is 4.72 Å². The van der Waals surface area contributed by atoms with E-state index in [1.807, 2.05) is 0 Å². The molecular weight excluding hydrogens is 354 g/mol. The first-order valence-corrected chi connectivity index (χ1v) is 7.74. The van der Waals surface area contributed by atoms with Crippen molar-refractivity contribution in [2.75, 3.05) is 20.3 Å². The zero-order valence-corrected chi connectivity index (χ0v) is 12.9. The number of halogens is 1. The van der Waals surface area contributed by atoms with Crippen molar-refractivity contribution in [2.45, 2.75) is 10.9 Å². The number of aliphatic hydroxyl groups excluding tert-OH is 1. The molecule has 20 heavy (non-hydrogen) atoms. The number of carbonyl (C=O) groups is 1. The minimum atomic E-state index is -3.98. The fourth-order valence-electron chi connectivity index (χ4n) is 1.45. The van der Waals surface area contributed by atoms with Crippen LogP contribution in [-0.4, -0.2) is 51.0 Å². The maximum atomic E-state index is 12.2. The molecule has 0 amide bonds. The molecular formula is C11H14BrNO6S. The van der Waals surface area contributed by atoms with E-state index in [2.05, 4.69) is 20.7 Å². The molecule has 0 aromatic heterocycles. The molecule has 1 aromatic rings. The van der Waals surface area contributed by atoms with Crippen LogP contribution in [0.2, 0.25) is 0 Å². The second kappa shape index (κ2) is 7.14. The van der Waals surface area contributed by atoms with Crippen molar-refractivity contribution >= 4 is 31.9 Å². The number of aromatic carboxylic acids is 1. The Kier molecular flexibility index (Phi) is 6.08. The molecule has 0 aliphatic heterocycles. The highest BCUT2D eigenvalue weighted by Gasteiger charge is 2.23. The Morgan fingerprint density at radius 1 is 1.50 bits per heavy atom. The van der Waals surface area contributed by atoms with Gasteiger partial charge in [-0.2, -0.15) is 0 Å². The SMILES string of the molecule is COCC(CO)NS(=O)(=O)c1cc(C(=O)O)ccc1Br. The number of rotatable bonds is 7. The van der Waals surface area contributed by atoms with Gasteiger partial charge in [0.05, 0.1) is 29.7 Å². The first kappa shape index (κ1) is 17.1. The molecule has 1 atom stereocenters. The van der Waals surface area contributed by atoms with Gasteiger partial charge in [-0.25, -0.2) is 17.9 Å². The summed E-state index contributed by atoms with van der Waals surface area (Å²) in [7, 11) is -2.61. The van der Waals surface area contributed by atoms with E-state index < -0.39 is 28.6 Å². The molecule has 1 unspecified atom stereocenters. The topological polar surface area (TPSA) is 113 Å². The number of hydrogen-bond donors (Lipinski definition) is 3. The molecule has 0 saturated heterocycles. The van der Waals surface area contributed by atoms with Gasteiger partial charge in [0.1, 0.15) is 0 Å². The van der Waals surface area contributed by atoms with E-state index in [0.29, 0.717) is 0 Å². The molecule has 0 saturated carbocycles. The van der Waals surface area contributed by atoms with Gasteiger partial charge in [0, 0.05) is 11.6 Å². The van der Waals surface area contributed by atoms with Crippen LogP contribution >= 0.6 is 15.9 Å². The lowest BCUT2D eigenvalue weighted by molar-refractivity contribution is 0.0696. The zero-order chi connectivity index (χ0) is 15.3. The summed E-state index contributed by atoms with van der Waals surface area (Å²) in [5, 5.41) is 18.0. The highest BCUT2D eigenvalue weighted by molar-refractivity contribution is 9.10. The van der Waals surface area contributed by atoms with Crippen LogP contribution in [0.15, 0.2) is 27.6 Å². The summed E-state index contributed by atoms with van der Waals surface area (Å²) in [4.78, 5) is 10.7. The molecule has 0 bridgehead atoms. The van der Waals surface area contributed by atoms with E-state index in [0.717, 1.165) is 6.07 Å². The number of carboxylic acid groups (broad SMARTS) is 1. The van der Waals surface area contributed by atoms with Crippen LogP contribution in [-0.2, 0) is 14.8 Å². The highest BCUT2D eigenvalue weighted by atomic mass is 79.9. The summed E-state index contributed by atoms with van der Waals surface area (Å²) >= 11 is 3.06. The summed E-state index contributed by atoms with van der Waals surface area (Å²) in [6.45, 7) is -0.449. The Labute approximate surface area is 124 Å². The van der Waals surface area contributed by atoms with Gasteiger partial charge < -0.3 is 14.9 Å². The molecule has 1 rings (SSSR count). The minimum absolute atomic E-state index is 0.00797. The predicted molar refractivity (Wildman–Crippen MR) is 74.2 cm³/mol. The predicted octanol–water partition coefficient (Wildman–Crippen LogP) is 0.433. The van der Waals surface area contributed by atoms with Crippen LogP contribution in [0.4, 0.5) is 0 Å². The monoisotopic (exact) mass is 367 g/mol. The van der Waals surface area contributed by atoms with Crippen LogP contribution in [0.5, 0.6) is 0 Å².